The molecule has 0 aromatic heterocycles. The minimum Gasteiger partial charge on any atom is -0.495 e. The second-order valence-corrected chi connectivity index (χ2v) is 8.78. The van der Waals surface area contributed by atoms with Crippen molar-refractivity contribution in [3.8, 4) is 5.75 Å². The predicted molar refractivity (Wildman–Crippen MR) is 119 cm³/mol. The van der Waals surface area contributed by atoms with E-state index in [-0.39, 0.29) is 21.2 Å². The van der Waals surface area contributed by atoms with E-state index in [1.165, 1.54) is 25.3 Å². The van der Waals surface area contributed by atoms with Crippen LogP contribution in [-0.4, -0.2) is 21.4 Å². The molecule has 0 heterocycles. The summed E-state index contributed by atoms with van der Waals surface area (Å²) in [7, 11) is -2.62. The van der Waals surface area contributed by atoms with Crippen molar-refractivity contribution in [1.82, 2.24) is 0 Å². The molecule has 3 aromatic rings. The van der Waals surface area contributed by atoms with Crippen LogP contribution < -0.4 is 14.8 Å². The van der Waals surface area contributed by atoms with Gasteiger partial charge in [-0.2, -0.15) is 0 Å². The lowest BCUT2D eigenvalue weighted by Crippen LogP contribution is -2.17. The molecule has 0 aliphatic carbocycles. The molecule has 0 bridgehead atoms. The highest BCUT2D eigenvalue weighted by Crippen LogP contribution is 2.29. The summed E-state index contributed by atoms with van der Waals surface area (Å²) in [6.45, 7) is 3.80. The van der Waals surface area contributed by atoms with Gasteiger partial charge in [0.25, 0.3) is 15.9 Å². The molecule has 0 fully saturated rings. The highest BCUT2D eigenvalue weighted by atomic mass is 35.5. The lowest BCUT2D eigenvalue weighted by atomic mass is 10.1. The molecule has 0 atom stereocenters. The molecule has 0 aliphatic heterocycles. The monoisotopic (exact) mass is 444 g/mol. The van der Waals surface area contributed by atoms with Crippen LogP contribution in [0, 0.1) is 13.8 Å². The summed E-state index contributed by atoms with van der Waals surface area (Å²) in [6.07, 6.45) is 0. The Hall–Kier alpha value is -3.03. The van der Waals surface area contributed by atoms with Crippen molar-refractivity contribution < 1.29 is 17.9 Å². The molecule has 1 amide bonds. The summed E-state index contributed by atoms with van der Waals surface area (Å²) < 4.78 is 33.5. The number of carbonyl (C=O) groups excluding carboxylic acids is 1. The Bertz CT molecular complexity index is 1210. The van der Waals surface area contributed by atoms with Crippen LogP contribution in [0.15, 0.2) is 65.6 Å². The van der Waals surface area contributed by atoms with E-state index in [1.807, 2.05) is 32.0 Å². The van der Waals surface area contributed by atoms with Gasteiger partial charge in [0.1, 0.15) is 10.6 Å². The van der Waals surface area contributed by atoms with E-state index in [0.717, 1.165) is 11.1 Å². The van der Waals surface area contributed by atoms with Gasteiger partial charge >= 0.3 is 0 Å². The van der Waals surface area contributed by atoms with Gasteiger partial charge in [0, 0.05) is 11.3 Å². The Morgan fingerprint density at radius 2 is 1.70 bits per heavy atom. The molecule has 0 aliphatic rings. The van der Waals surface area contributed by atoms with Gasteiger partial charge in [-0.15, -0.1) is 0 Å². The quantitative estimate of drug-likeness (QED) is 0.559. The number of methoxy groups -OCH3 is 1. The predicted octanol–water partition coefficient (Wildman–Crippen LogP) is 5.02. The fourth-order valence-electron chi connectivity index (χ4n) is 2.84. The number of para-hydroxylation sites is 2. The number of nitrogens with one attached hydrogen (secondary N) is 2. The number of rotatable bonds is 6. The van der Waals surface area contributed by atoms with Crippen LogP contribution in [0.5, 0.6) is 5.75 Å². The number of carbonyl (C=O) groups is 1. The van der Waals surface area contributed by atoms with Gasteiger partial charge in [-0.25, -0.2) is 8.42 Å². The van der Waals surface area contributed by atoms with Crippen LogP contribution in [0.1, 0.15) is 21.5 Å². The number of hydrogen-bond acceptors (Lipinski definition) is 4. The molecule has 156 valence electrons. The van der Waals surface area contributed by atoms with Gasteiger partial charge in [0.2, 0.25) is 0 Å². The Morgan fingerprint density at radius 1 is 0.967 bits per heavy atom. The molecular formula is C22H21ClN2O4S. The van der Waals surface area contributed by atoms with Gasteiger partial charge in [0.15, 0.2) is 0 Å². The fraction of sp³-hybridized carbons (Fsp3) is 0.136. The molecule has 0 saturated carbocycles. The van der Waals surface area contributed by atoms with Crippen molar-refractivity contribution in [3.63, 3.8) is 0 Å². The van der Waals surface area contributed by atoms with Gasteiger partial charge in [-0.3, -0.25) is 9.52 Å². The average Bonchev–Trinajstić information content (AvgIpc) is 2.71. The van der Waals surface area contributed by atoms with E-state index >= 15 is 0 Å². The van der Waals surface area contributed by atoms with Gasteiger partial charge in [-0.05, 0) is 61.4 Å². The molecule has 30 heavy (non-hydrogen) atoms. The molecule has 8 heteroatoms. The number of amides is 1. The third-order valence-electron chi connectivity index (χ3n) is 4.48. The summed E-state index contributed by atoms with van der Waals surface area (Å²) in [5.74, 6) is -0.0740. The van der Waals surface area contributed by atoms with E-state index in [2.05, 4.69) is 10.0 Å². The zero-order valence-corrected chi connectivity index (χ0v) is 18.3. The first kappa shape index (κ1) is 21.7. The zero-order valence-electron chi connectivity index (χ0n) is 16.7. The Morgan fingerprint density at radius 3 is 2.43 bits per heavy atom. The van der Waals surface area contributed by atoms with Crippen molar-refractivity contribution in [2.24, 2.45) is 0 Å². The Balaban J connectivity index is 1.92. The summed E-state index contributed by atoms with van der Waals surface area (Å²) in [4.78, 5) is 12.5. The number of ether oxygens (including phenoxy) is 1. The maximum Gasteiger partial charge on any atom is 0.263 e. The molecule has 0 saturated heterocycles. The van der Waals surface area contributed by atoms with Crippen molar-refractivity contribution in [2.45, 2.75) is 18.7 Å². The SMILES string of the molecule is COc1ccccc1NS(=O)(=O)c1cc(C(=O)Nc2cc(C)ccc2C)ccc1Cl. The largest absolute Gasteiger partial charge is 0.495 e. The maximum absolute atomic E-state index is 12.9. The fourth-order valence-corrected chi connectivity index (χ4v) is 4.44. The van der Waals surface area contributed by atoms with Crippen molar-refractivity contribution >= 4 is 38.9 Å². The summed E-state index contributed by atoms with van der Waals surface area (Å²) >= 11 is 6.15. The molecule has 0 spiro atoms. The van der Waals surface area contributed by atoms with Gasteiger partial charge < -0.3 is 10.1 Å². The first-order valence-corrected chi connectivity index (χ1v) is 10.9. The number of benzene rings is 3. The van der Waals surface area contributed by atoms with E-state index in [1.54, 1.807) is 24.3 Å². The number of anilines is 2. The number of sulfonamides is 1. The van der Waals surface area contributed by atoms with E-state index < -0.39 is 15.9 Å². The zero-order chi connectivity index (χ0) is 21.9. The molecular weight excluding hydrogens is 424 g/mol. The first-order valence-electron chi connectivity index (χ1n) is 9.05. The molecule has 2 N–H and O–H groups in total. The number of aryl methyl sites for hydroxylation is 2. The van der Waals surface area contributed by atoms with Crippen LogP contribution in [0.2, 0.25) is 5.02 Å². The van der Waals surface area contributed by atoms with Crippen molar-refractivity contribution in [1.29, 1.82) is 0 Å². The number of hydrogen-bond donors (Lipinski definition) is 2. The summed E-state index contributed by atoms with van der Waals surface area (Å²) in [6, 6.07) is 16.4. The standard InChI is InChI=1S/C22H21ClN2O4S/c1-14-8-9-15(2)19(12-14)24-22(26)16-10-11-17(23)21(13-16)30(27,28)25-18-6-4-5-7-20(18)29-3/h4-13,25H,1-3H3,(H,24,26). The molecule has 6 nitrogen and oxygen atoms in total. The van der Waals surface area contributed by atoms with Crippen molar-refractivity contribution in [2.75, 3.05) is 17.1 Å². The van der Waals surface area contributed by atoms with Crippen LogP contribution in [0.25, 0.3) is 0 Å². The maximum atomic E-state index is 12.9. The van der Waals surface area contributed by atoms with Gasteiger partial charge in [0.05, 0.1) is 17.8 Å². The Kier molecular flexibility index (Phi) is 6.34. The first-order chi connectivity index (χ1) is 14.2. The van der Waals surface area contributed by atoms with E-state index in [0.29, 0.717) is 11.4 Å². The molecule has 0 unspecified atom stereocenters. The third kappa shape index (κ3) is 4.75. The smallest absolute Gasteiger partial charge is 0.263 e. The average molecular weight is 445 g/mol. The lowest BCUT2D eigenvalue weighted by molar-refractivity contribution is 0.102. The van der Waals surface area contributed by atoms with Crippen LogP contribution in [-0.2, 0) is 10.0 Å². The van der Waals surface area contributed by atoms with E-state index in [9.17, 15) is 13.2 Å². The van der Waals surface area contributed by atoms with Crippen LogP contribution in [0.4, 0.5) is 11.4 Å². The third-order valence-corrected chi connectivity index (χ3v) is 6.32. The highest BCUT2D eigenvalue weighted by molar-refractivity contribution is 7.92. The van der Waals surface area contributed by atoms with Crippen LogP contribution >= 0.6 is 11.6 Å². The summed E-state index contributed by atoms with van der Waals surface area (Å²) in [5, 5.41) is 2.82. The molecule has 3 aromatic carbocycles. The topological polar surface area (TPSA) is 84.5 Å². The van der Waals surface area contributed by atoms with Gasteiger partial charge in [-0.1, -0.05) is 35.9 Å². The minimum absolute atomic E-state index is 0.000633. The van der Waals surface area contributed by atoms with Crippen LogP contribution in [0.3, 0.4) is 0 Å². The lowest BCUT2D eigenvalue weighted by Gasteiger charge is -2.14. The van der Waals surface area contributed by atoms with Crippen molar-refractivity contribution in [3.05, 3.63) is 82.4 Å². The summed E-state index contributed by atoms with van der Waals surface area (Å²) in [5.41, 5.74) is 2.98. The number of halogens is 1. The molecule has 3 rings (SSSR count). The normalized spacial score (nSPS) is 11.1. The second kappa shape index (κ2) is 8.77. The van der Waals surface area contributed by atoms with E-state index in [4.69, 9.17) is 16.3 Å². The highest BCUT2D eigenvalue weighted by Gasteiger charge is 2.22. The Labute approximate surface area is 180 Å². The minimum atomic E-state index is -4.06. The molecule has 0 radical (unpaired) electrons. The second-order valence-electron chi connectivity index (χ2n) is 6.72.